The molecule has 1 atom stereocenters. The number of hydrogen-bond acceptors (Lipinski definition) is 4. The Morgan fingerprint density at radius 1 is 1.39 bits per heavy atom. The zero-order valence-electron chi connectivity index (χ0n) is 11.1. The number of nitrogens with zero attached hydrogens (tertiary/aromatic N) is 1. The lowest BCUT2D eigenvalue weighted by atomic mass is 9.86. The molecule has 1 heterocycles. The van der Waals surface area contributed by atoms with Crippen LogP contribution < -0.4 is 5.32 Å². The second-order valence-electron chi connectivity index (χ2n) is 5.53. The van der Waals surface area contributed by atoms with Gasteiger partial charge in [-0.15, -0.1) is 0 Å². The normalized spacial score (nSPS) is 34.2. The summed E-state index contributed by atoms with van der Waals surface area (Å²) in [7, 11) is 2.01. The molecule has 2 fully saturated rings. The Bertz CT molecular complexity index is 277. The summed E-state index contributed by atoms with van der Waals surface area (Å²) in [5, 5.41) is 12.2. The van der Waals surface area contributed by atoms with E-state index in [1.54, 1.807) is 0 Å². The molecule has 0 spiro atoms. The van der Waals surface area contributed by atoms with Gasteiger partial charge in [0.15, 0.2) is 0 Å². The molecule has 0 radical (unpaired) electrons. The molecule has 1 saturated carbocycles. The van der Waals surface area contributed by atoms with E-state index in [1.165, 1.54) is 0 Å². The van der Waals surface area contributed by atoms with Crippen LogP contribution in [0.4, 0.5) is 0 Å². The van der Waals surface area contributed by atoms with Gasteiger partial charge in [0.2, 0.25) is 0 Å². The number of morpholine rings is 1. The Morgan fingerprint density at radius 2 is 2.11 bits per heavy atom. The van der Waals surface area contributed by atoms with E-state index < -0.39 is 0 Å². The van der Waals surface area contributed by atoms with E-state index in [1.807, 2.05) is 7.05 Å². The molecule has 104 valence electrons. The summed E-state index contributed by atoms with van der Waals surface area (Å²) in [5.74, 6) is 0.448. The highest BCUT2D eigenvalue weighted by Crippen LogP contribution is 2.23. The number of rotatable bonds is 3. The summed E-state index contributed by atoms with van der Waals surface area (Å²) in [4.78, 5) is 14.2. The van der Waals surface area contributed by atoms with Crippen LogP contribution in [0.25, 0.3) is 0 Å². The van der Waals surface area contributed by atoms with Crippen molar-refractivity contribution in [3.63, 3.8) is 0 Å². The Kier molecular flexibility index (Phi) is 4.97. The predicted octanol–water partition coefficient (Wildman–Crippen LogP) is -0.0157. The van der Waals surface area contributed by atoms with Crippen LogP contribution in [-0.4, -0.2) is 61.4 Å². The molecule has 0 aromatic heterocycles. The summed E-state index contributed by atoms with van der Waals surface area (Å²) in [6, 6.07) is 0.260. The number of amides is 1. The first-order valence-corrected chi connectivity index (χ1v) is 6.90. The number of likely N-dealkylation sites (N-methyl/N-ethyl adjacent to an activating group) is 1. The molecule has 2 rings (SSSR count). The zero-order chi connectivity index (χ0) is 13.0. The van der Waals surface area contributed by atoms with Crippen LogP contribution >= 0.6 is 0 Å². The Balaban J connectivity index is 1.74. The van der Waals surface area contributed by atoms with Crippen LogP contribution in [0.5, 0.6) is 0 Å². The molecule has 5 nitrogen and oxygen atoms in total. The van der Waals surface area contributed by atoms with E-state index in [9.17, 15) is 4.79 Å². The van der Waals surface area contributed by atoms with Gasteiger partial charge in [-0.1, -0.05) is 0 Å². The predicted molar refractivity (Wildman–Crippen MR) is 68.2 cm³/mol. The lowest BCUT2D eigenvalue weighted by molar-refractivity contribution is -0.138. The Morgan fingerprint density at radius 3 is 2.72 bits per heavy atom. The minimum atomic E-state index is -0.320. The van der Waals surface area contributed by atoms with Crippen LogP contribution in [0.3, 0.4) is 0 Å². The van der Waals surface area contributed by atoms with Gasteiger partial charge in [0.25, 0.3) is 5.91 Å². The minimum absolute atomic E-state index is 0.0222. The van der Waals surface area contributed by atoms with Crippen LogP contribution in [0, 0.1) is 5.92 Å². The lowest BCUT2D eigenvalue weighted by Gasteiger charge is -2.32. The van der Waals surface area contributed by atoms with Gasteiger partial charge in [0.05, 0.1) is 6.61 Å². The molecule has 2 N–H and O–H groups in total. The number of hydrogen-bond donors (Lipinski definition) is 2. The zero-order valence-corrected chi connectivity index (χ0v) is 11.1. The highest BCUT2D eigenvalue weighted by molar-refractivity contribution is 5.81. The standard InChI is InChI=1S/C13H24N2O3/c1-15-6-7-18-12(8-15)13(17)14-11-4-2-10(9-16)3-5-11/h10-12,16H,2-9H2,1H3,(H,14,17). The Hall–Kier alpha value is -0.650. The molecule has 2 aliphatic rings. The molecule has 1 amide bonds. The van der Waals surface area contributed by atoms with E-state index >= 15 is 0 Å². The molecule has 1 aliphatic carbocycles. The summed E-state index contributed by atoms with van der Waals surface area (Å²) in [6.07, 6.45) is 3.64. The Labute approximate surface area is 108 Å². The maximum Gasteiger partial charge on any atom is 0.250 e. The molecule has 1 saturated heterocycles. The molecule has 0 aromatic carbocycles. The second kappa shape index (κ2) is 6.50. The van der Waals surface area contributed by atoms with Gasteiger partial charge in [0.1, 0.15) is 6.10 Å². The van der Waals surface area contributed by atoms with Crippen LogP contribution in [0.15, 0.2) is 0 Å². The van der Waals surface area contributed by atoms with Crippen molar-refractivity contribution < 1.29 is 14.6 Å². The van der Waals surface area contributed by atoms with E-state index in [4.69, 9.17) is 9.84 Å². The molecule has 18 heavy (non-hydrogen) atoms. The molecular weight excluding hydrogens is 232 g/mol. The monoisotopic (exact) mass is 256 g/mol. The number of aliphatic hydroxyl groups is 1. The molecule has 0 bridgehead atoms. The average Bonchev–Trinajstić information content (AvgIpc) is 2.39. The molecule has 1 aliphatic heterocycles. The fourth-order valence-electron chi connectivity index (χ4n) is 2.72. The highest BCUT2D eigenvalue weighted by atomic mass is 16.5. The fraction of sp³-hybridized carbons (Fsp3) is 0.923. The molecule has 5 heteroatoms. The van der Waals surface area contributed by atoms with Crippen LogP contribution in [-0.2, 0) is 9.53 Å². The number of carbonyl (C=O) groups excluding carboxylic acids is 1. The van der Waals surface area contributed by atoms with Gasteiger partial charge in [-0.25, -0.2) is 0 Å². The maximum atomic E-state index is 12.1. The van der Waals surface area contributed by atoms with E-state index in [0.29, 0.717) is 19.1 Å². The number of nitrogens with one attached hydrogen (secondary N) is 1. The van der Waals surface area contributed by atoms with Gasteiger partial charge in [-0.05, 0) is 38.6 Å². The van der Waals surface area contributed by atoms with Gasteiger partial charge >= 0.3 is 0 Å². The summed E-state index contributed by atoms with van der Waals surface area (Å²) >= 11 is 0. The summed E-state index contributed by atoms with van der Waals surface area (Å²) in [6.45, 7) is 2.48. The SMILES string of the molecule is CN1CCOC(C(=O)NC2CCC(CO)CC2)C1. The van der Waals surface area contributed by atoms with Crippen molar-refractivity contribution >= 4 is 5.91 Å². The number of ether oxygens (including phenoxy) is 1. The average molecular weight is 256 g/mol. The van der Waals surface area contributed by atoms with Crippen molar-refractivity contribution in [1.82, 2.24) is 10.2 Å². The largest absolute Gasteiger partial charge is 0.396 e. The van der Waals surface area contributed by atoms with E-state index in [-0.39, 0.29) is 24.7 Å². The third-order valence-corrected chi connectivity index (χ3v) is 4.01. The summed E-state index contributed by atoms with van der Waals surface area (Å²) in [5.41, 5.74) is 0. The van der Waals surface area contributed by atoms with Crippen molar-refractivity contribution in [1.29, 1.82) is 0 Å². The number of aliphatic hydroxyl groups excluding tert-OH is 1. The van der Waals surface area contributed by atoms with Crippen LogP contribution in [0.2, 0.25) is 0 Å². The smallest absolute Gasteiger partial charge is 0.250 e. The molecular formula is C13H24N2O3. The van der Waals surface area contributed by atoms with Crippen molar-refractivity contribution in [2.24, 2.45) is 5.92 Å². The topological polar surface area (TPSA) is 61.8 Å². The first-order valence-electron chi connectivity index (χ1n) is 6.90. The lowest BCUT2D eigenvalue weighted by Crippen LogP contribution is -2.51. The molecule has 0 aromatic rings. The third-order valence-electron chi connectivity index (χ3n) is 4.01. The maximum absolute atomic E-state index is 12.1. The summed E-state index contributed by atoms with van der Waals surface area (Å²) < 4.78 is 5.50. The first-order chi connectivity index (χ1) is 8.69. The van der Waals surface area contributed by atoms with E-state index in [0.717, 1.165) is 32.2 Å². The van der Waals surface area contributed by atoms with Gasteiger partial charge in [0, 0.05) is 25.7 Å². The van der Waals surface area contributed by atoms with E-state index in [2.05, 4.69) is 10.2 Å². The second-order valence-corrected chi connectivity index (χ2v) is 5.53. The highest BCUT2D eigenvalue weighted by Gasteiger charge is 2.28. The first kappa shape index (κ1) is 13.8. The minimum Gasteiger partial charge on any atom is -0.396 e. The van der Waals surface area contributed by atoms with Crippen molar-refractivity contribution in [2.75, 3.05) is 33.4 Å². The fourth-order valence-corrected chi connectivity index (χ4v) is 2.72. The number of carbonyl (C=O) groups is 1. The van der Waals surface area contributed by atoms with Crippen molar-refractivity contribution in [3.05, 3.63) is 0 Å². The van der Waals surface area contributed by atoms with Gasteiger partial charge < -0.3 is 20.1 Å². The third kappa shape index (κ3) is 3.67. The van der Waals surface area contributed by atoms with Crippen molar-refractivity contribution in [2.45, 2.75) is 37.8 Å². The van der Waals surface area contributed by atoms with Gasteiger partial charge in [-0.2, -0.15) is 0 Å². The van der Waals surface area contributed by atoms with Crippen LogP contribution in [0.1, 0.15) is 25.7 Å². The molecule has 1 unspecified atom stereocenters. The van der Waals surface area contributed by atoms with Gasteiger partial charge in [-0.3, -0.25) is 4.79 Å². The van der Waals surface area contributed by atoms with Crippen molar-refractivity contribution in [3.8, 4) is 0 Å². The quantitative estimate of drug-likeness (QED) is 0.745.